The Bertz CT molecular complexity index is 216. The number of likely N-dealkylation sites (tertiary alicyclic amines) is 1. The molecule has 0 aliphatic carbocycles. The van der Waals surface area contributed by atoms with E-state index < -0.39 is 0 Å². The van der Waals surface area contributed by atoms with Gasteiger partial charge in [-0.3, -0.25) is 9.69 Å². The zero-order valence-electron chi connectivity index (χ0n) is 11.0. The zero-order chi connectivity index (χ0) is 12.0. The average Bonchev–Trinajstić information content (AvgIpc) is 2.26. The van der Waals surface area contributed by atoms with E-state index in [1.165, 1.54) is 13.0 Å². The summed E-state index contributed by atoms with van der Waals surface area (Å²) in [5.41, 5.74) is 0. The normalized spacial score (nSPS) is 22.4. The van der Waals surface area contributed by atoms with E-state index in [2.05, 4.69) is 31.0 Å². The van der Waals surface area contributed by atoms with Crippen molar-refractivity contribution in [1.82, 2.24) is 10.2 Å². The lowest BCUT2D eigenvalue weighted by Crippen LogP contribution is -2.49. The van der Waals surface area contributed by atoms with Crippen LogP contribution in [0.5, 0.6) is 0 Å². The quantitative estimate of drug-likeness (QED) is 0.779. The van der Waals surface area contributed by atoms with Gasteiger partial charge in [0, 0.05) is 25.0 Å². The van der Waals surface area contributed by atoms with E-state index in [-0.39, 0.29) is 5.91 Å². The Balaban J connectivity index is 2.28. The van der Waals surface area contributed by atoms with E-state index in [9.17, 15) is 4.79 Å². The van der Waals surface area contributed by atoms with Crippen LogP contribution >= 0.6 is 0 Å². The first-order valence-electron chi connectivity index (χ1n) is 6.67. The number of amides is 1. The molecular formula is C13H26N2O. The van der Waals surface area contributed by atoms with Gasteiger partial charge in [-0.2, -0.15) is 0 Å². The topological polar surface area (TPSA) is 32.3 Å². The molecule has 3 nitrogen and oxygen atoms in total. The molecule has 1 amide bonds. The molecular weight excluding hydrogens is 200 g/mol. The Morgan fingerprint density at radius 2 is 2.25 bits per heavy atom. The average molecular weight is 226 g/mol. The van der Waals surface area contributed by atoms with E-state index in [1.54, 1.807) is 0 Å². The largest absolute Gasteiger partial charge is 0.352 e. The summed E-state index contributed by atoms with van der Waals surface area (Å²) < 4.78 is 0. The Morgan fingerprint density at radius 3 is 2.88 bits per heavy atom. The molecule has 0 bridgehead atoms. The summed E-state index contributed by atoms with van der Waals surface area (Å²) in [5, 5.41) is 3.16. The first-order valence-corrected chi connectivity index (χ1v) is 6.67. The summed E-state index contributed by atoms with van der Waals surface area (Å²) in [6.45, 7) is 8.77. The predicted molar refractivity (Wildman–Crippen MR) is 67.4 cm³/mol. The van der Waals surface area contributed by atoms with E-state index in [4.69, 9.17) is 0 Å². The van der Waals surface area contributed by atoms with Crippen molar-refractivity contribution in [2.45, 2.75) is 65.0 Å². The van der Waals surface area contributed by atoms with E-state index in [0.717, 1.165) is 25.8 Å². The lowest BCUT2D eigenvalue weighted by molar-refractivity contribution is -0.122. The van der Waals surface area contributed by atoms with Crippen LogP contribution < -0.4 is 5.32 Å². The highest BCUT2D eigenvalue weighted by molar-refractivity contribution is 5.76. The zero-order valence-corrected chi connectivity index (χ0v) is 11.0. The summed E-state index contributed by atoms with van der Waals surface area (Å²) >= 11 is 0. The highest BCUT2D eigenvalue weighted by Crippen LogP contribution is 2.13. The molecule has 1 aliphatic heterocycles. The van der Waals surface area contributed by atoms with Crippen molar-refractivity contribution >= 4 is 5.91 Å². The van der Waals surface area contributed by atoms with Crippen molar-refractivity contribution < 1.29 is 4.79 Å². The SMILES string of the molecule is CCCCC(=O)NC1CCCN(C(C)C)C1. The van der Waals surface area contributed by atoms with Crippen molar-refractivity contribution in [3.63, 3.8) is 0 Å². The van der Waals surface area contributed by atoms with Crippen LogP contribution in [0.3, 0.4) is 0 Å². The van der Waals surface area contributed by atoms with Crippen LogP contribution in [0.2, 0.25) is 0 Å². The summed E-state index contributed by atoms with van der Waals surface area (Å²) in [4.78, 5) is 14.1. The van der Waals surface area contributed by atoms with Gasteiger partial charge in [0.25, 0.3) is 0 Å². The Morgan fingerprint density at radius 1 is 1.50 bits per heavy atom. The molecule has 0 radical (unpaired) electrons. The molecule has 16 heavy (non-hydrogen) atoms. The second-order valence-electron chi connectivity index (χ2n) is 5.10. The van der Waals surface area contributed by atoms with Gasteiger partial charge in [0.15, 0.2) is 0 Å². The maximum atomic E-state index is 11.6. The van der Waals surface area contributed by atoms with Gasteiger partial charge in [-0.15, -0.1) is 0 Å². The molecule has 0 aromatic rings. The molecule has 94 valence electrons. The molecule has 1 rings (SSSR count). The number of rotatable bonds is 5. The number of unbranched alkanes of at least 4 members (excludes halogenated alkanes) is 1. The van der Waals surface area contributed by atoms with Crippen LogP contribution in [0, 0.1) is 0 Å². The number of piperidine rings is 1. The summed E-state index contributed by atoms with van der Waals surface area (Å²) in [6, 6.07) is 0.968. The highest BCUT2D eigenvalue weighted by atomic mass is 16.1. The molecule has 0 aromatic carbocycles. The fourth-order valence-corrected chi connectivity index (χ4v) is 2.23. The number of carbonyl (C=O) groups excluding carboxylic acids is 1. The van der Waals surface area contributed by atoms with Gasteiger partial charge in [-0.1, -0.05) is 13.3 Å². The highest BCUT2D eigenvalue weighted by Gasteiger charge is 2.22. The molecule has 1 N–H and O–H groups in total. The first kappa shape index (κ1) is 13.5. The number of hydrogen-bond donors (Lipinski definition) is 1. The maximum Gasteiger partial charge on any atom is 0.220 e. The molecule has 1 atom stereocenters. The molecule has 1 heterocycles. The van der Waals surface area contributed by atoms with Crippen molar-refractivity contribution in [1.29, 1.82) is 0 Å². The Labute approximate surface area is 99.6 Å². The lowest BCUT2D eigenvalue weighted by atomic mass is 10.0. The number of nitrogens with one attached hydrogen (secondary N) is 1. The second-order valence-corrected chi connectivity index (χ2v) is 5.10. The van der Waals surface area contributed by atoms with E-state index in [1.807, 2.05) is 0 Å². The van der Waals surface area contributed by atoms with Crippen LogP contribution in [-0.2, 0) is 4.79 Å². The molecule has 0 aromatic heterocycles. The van der Waals surface area contributed by atoms with Gasteiger partial charge in [-0.25, -0.2) is 0 Å². The molecule has 1 aliphatic rings. The third kappa shape index (κ3) is 4.52. The van der Waals surface area contributed by atoms with E-state index >= 15 is 0 Å². The maximum absolute atomic E-state index is 11.6. The van der Waals surface area contributed by atoms with Gasteiger partial charge in [0.05, 0.1) is 0 Å². The summed E-state index contributed by atoms with van der Waals surface area (Å²) in [7, 11) is 0. The molecule has 0 saturated carbocycles. The van der Waals surface area contributed by atoms with Crippen molar-refractivity contribution in [3.8, 4) is 0 Å². The van der Waals surface area contributed by atoms with Gasteiger partial charge in [0.1, 0.15) is 0 Å². The Hall–Kier alpha value is -0.570. The summed E-state index contributed by atoms with van der Waals surface area (Å²) in [5.74, 6) is 0.234. The van der Waals surface area contributed by atoms with Crippen molar-refractivity contribution in [2.75, 3.05) is 13.1 Å². The third-order valence-corrected chi connectivity index (χ3v) is 3.31. The fraction of sp³-hybridized carbons (Fsp3) is 0.923. The van der Waals surface area contributed by atoms with Crippen LogP contribution in [0.15, 0.2) is 0 Å². The van der Waals surface area contributed by atoms with Gasteiger partial charge in [0.2, 0.25) is 5.91 Å². The van der Waals surface area contributed by atoms with Crippen LogP contribution in [0.4, 0.5) is 0 Å². The number of carbonyl (C=O) groups is 1. The van der Waals surface area contributed by atoms with Crippen LogP contribution in [0.25, 0.3) is 0 Å². The van der Waals surface area contributed by atoms with E-state index in [0.29, 0.717) is 18.5 Å². The van der Waals surface area contributed by atoms with Crippen molar-refractivity contribution in [2.24, 2.45) is 0 Å². The number of nitrogens with zero attached hydrogens (tertiary/aromatic N) is 1. The predicted octanol–water partition coefficient (Wildman–Crippen LogP) is 2.17. The van der Waals surface area contributed by atoms with Crippen LogP contribution in [0.1, 0.15) is 52.9 Å². The second kappa shape index (κ2) is 6.89. The standard InChI is InChI=1S/C13H26N2O/c1-4-5-8-13(16)14-12-7-6-9-15(10-12)11(2)3/h11-12H,4-10H2,1-3H3,(H,14,16). The molecule has 0 spiro atoms. The monoisotopic (exact) mass is 226 g/mol. The molecule has 1 unspecified atom stereocenters. The molecule has 3 heteroatoms. The molecule has 1 fully saturated rings. The smallest absolute Gasteiger partial charge is 0.220 e. The van der Waals surface area contributed by atoms with Gasteiger partial charge >= 0.3 is 0 Å². The summed E-state index contributed by atoms with van der Waals surface area (Å²) in [6.07, 6.45) is 5.13. The van der Waals surface area contributed by atoms with Gasteiger partial charge < -0.3 is 5.32 Å². The minimum atomic E-state index is 0.234. The van der Waals surface area contributed by atoms with Gasteiger partial charge in [-0.05, 0) is 39.7 Å². The number of hydrogen-bond acceptors (Lipinski definition) is 2. The fourth-order valence-electron chi connectivity index (χ4n) is 2.23. The van der Waals surface area contributed by atoms with Crippen LogP contribution in [-0.4, -0.2) is 36.0 Å². The third-order valence-electron chi connectivity index (χ3n) is 3.31. The lowest BCUT2D eigenvalue weighted by Gasteiger charge is -2.35. The molecule has 1 saturated heterocycles. The minimum Gasteiger partial charge on any atom is -0.352 e. The first-order chi connectivity index (χ1) is 7.63. The Kier molecular flexibility index (Phi) is 5.81. The minimum absolute atomic E-state index is 0.234. The van der Waals surface area contributed by atoms with Crippen molar-refractivity contribution in [3.05, 3.63) is 0 Å².